The van der Waals surface area contributed by atoms with E-state index in [2.05, 4.69) is 5.32 Å². The SMILES string of the molecule is O=C1C[C@H](c2ccc(F)cc2)C=CN1. The van der Waals surface area contributed by atoms with E-state index in [9.17, 15) is 9.18 Å². The number of carbonyl (C=O) groups is 1. The second-order valence-corrected chi connectivity index (χ2v) is 3.29. The van der Waals surface area contributed by atoms with Crippen molar-refractivity contribution in [2.75, 3.05) is 0 Å². The quantitative estimate of drug-likeness (QED) is 0.722. The molecule has 0 saturated heterocycles. The maximum absolute atomic E-state index is 12.6. The van der Waals surface area contributed by atoms with Crippen LogP contribution < -0.4 is 5.32 Å². The highest BCUT2D eigenvalue weighted by Crippen LogP contribution is 2.23. The molecule has 1 aromatic rings. The Kier molecular flexibility index (Phi) is 2.31. The lowest BCUT2D eigenvalue weighted by molar-refractivity contribution is -0.120. The van der Waals surface area contributed by atoms with Crippen molar-refractivity contribution in [1.29, 1.82) is 0 Å². The van der Waals surface area contributed by atoms with E-state index < -0.39 is 0 Å². The van der Waals surface area contributed by atoms with Gasteiger partial charge in [0.2, 0.25) is 5.91 Å². The molecule has 1 aromatic carbocycles. The van der Waals surface area contributed by atoms with E-state index in [1.54, 1.807) is 18.3 Å². The zero-order valence-corrected chi connectivity index (χ0v) is 7.53. The third kappa shape index (κ3) is 1.82. The van der Waals surface area contributed by atoms with Gasteiger partial charge in [-0.15, -0.1) is 0 Å². The number of hydrogen-bond donors (Lipinski definition) is 1. The van der Waals surface area contributed by atoms with Crippen LogP contribution in [0.25, 0.3) is 0 Å². The Morgan fingerprint density at radius 1 is 1.29 bits per heavy atom. The number of benzene rings is 1. The zero-order valence-electron chi connectivity index (χ0n) is 7.53. The Hall–Kier alpha value is -1.64. The van der Waals surface area contributed by atoms with Gasteiger partial charge in [0.05, 0.1) is 0 Å². The average Bonchev–Trinajstić information content (AvgIpc) is 2.19. The molecule has 0 radical (unpaired) electrons. The second-order valence-electron chi connectivity index (χ2n) is 3.29. The molecular weight excluding hydrogens is 181 g/mol. The largest absolute Gasteiger partial charge is 0.333 e. The van der Waals surface area contributed by atoms with Crippen LogP contribution in [0.3, 0.4) is 0 Å². The molecule has 0 spiro atoms. The molecule has 2 rings (SSSR count). The smallest absolute Gasteiger partial charge is 0.224 e. The molecule has 0 unspecified atom stereocenters. The second kappa shape index (κ2) is 3.62. The van der Waals surface area contributed by atoms with Crippen molar-refractivity contribution in [2.24, 2.45) is 0 Å². The predicted molar refractivity (Wildman–Crippen MR) is 51.0 cm³/mol. The van der Waals surface area contributed by atoms with E-state index in [0.717, 1.165) is 5.56 Å². The van der Waals surface area contributed by atoms with Crippen LogP contribution in [0.4, 0.5) is 4.39 Å². The third-order valence-electron chi connectivity index (χ3n) is 2.28. The van der Waals surface area contributed by atoms with Gasteiger partial charge in [-0.05, 0) is 17.7 Å². The van der Waals surface area contributed by atoms with Crippen molar-refractivity contribution in [3.05, 3.63) is 47.9 Å². The fourth-order valence-corrected chi connectivity index (χ4v) is 1.52. The molecule has 0 aliphatic carbocycles. The minimum absolute atomic E-state index is 0.00169. The van der Waals surface area contributed by atoms with Gasteiger partial charge in [0.25, 0.3) is 0 Å². The summed E-state index contributed by atoms with van der Waals surface area (Å²) in [7, 11) is 0. The van der Waals surface area contributed by atoms with Crippen LogP contribution >= 0.6 is 0 Å². The number of allylic oxidation sites excluding steroid dienone is 1. The van der Waals surface area contributed by atoms with Gasteiger partial charge >= 0.3 is 0 Å². The first kappa shape index (κ1) is 8.94. The van der Waals surface area contributed by atoms with E-state index in [-0.39, 0.29) is 17.6 Å². The van der Waals surface area contributed by atoms with Gasteiger partial charge in [-0.2, -0.15) is 0 Å². The highest BCUT2D eigenvalue weighted by Gasteiger charge is 2.15. The predicted octanol–water partition coefficient (Wildman–Crippen LogP) is 1.94. The molecule has 72 valence electrons. The molecule has 1 aliphatic rings. The standard InChI is InChI=1S/C11H10FNO/c12-10-3-1-8(2-4-10)9-5-6-13-11(14)7-9/h1-6,9H,7H2,(H,13,14)/t9-/m1/s1. The fraction of sp³-hybridized carbons (Fsp3) is 0.182. The van der Waals surface area contributed by atoms with Crippen LogP contribution in [0.1, 0.15) is 17.9 Å². The number of hydrogen-bond acceptors (Lipinski definition) is 1. The Bertz CT molecular complexity index is 369. The number of amides is 1. The van der Waals surface area contributed by atoms with Crippen LogP contribution in [0, 0.1) is 5.82 Å². The highest BCUT2D eigenvalue weighted by atomic mass is 19.1. The van der Waals surface area contributed by atoms with E-state index in [0.29, 0.717) is 6.42 Å². The fourth-order valence-electron chi connectivity index (χ4n) is 1.52. The summed E-state index contributed by atoms with van der Waals surface area (Å²) in [6, 6.07) is 6.25. The molecule has 1 atom stereocenters. The van der Waals surface area contributed by atoms with Gasteiger partial charge in [0.1, 0.15) is 5.82 Å². The monoisotopic (exact) mass is 191 g/mol. The van der Waals surface area contributed by atoms with Gasteiger partial charge in [-0.3, -0.25) is 4.79 Å². The van der Waals surface area contributed by atoms with E-state index in [1.807, 2.05) is 6.08 Å². The first-order chi connectivity index (χ1) is 6.75. The first-order valence-electron chi connectivity index (χ1n) is 4.47. The minimum Gasteiger partial charge on any atom is -0.333 e. The van der Waals surface area contributed by atoms with Gasteiger partial charge in [0.15, 0.2) is 0 Å². The summed E-state index contributed by atoms with van der Waals surface area (Å²) < 4.78 is 12.6. The molecule has 3 heteroatoms. The van der Waals surface area contributed by atoms with Crippen molar-refractivity contribution >= 4 is 5.91 Å². The summed E-state index contributed by atoms with van der Waals surface area (Å²) in [5.41, 5.74) is 0.970. The average molecular weight is 191 g/mol. The number of carbonyl (C=O) groups excluding carboxylic acids is 1. The molecule has 0 saturated carbocycles. The Morgan fingerprint density at radius 2 is 2.00 bits per heavy atom. The lowest BCUT2D eigenvalue weighted by Gasteiger charge is -2.16. The van der Waals surface area contributed by atoms with Gasteiger partial charge in [-0.1, -0.05) is 18.2 Å². The molecule has 0 bridgehead atoms. The Balaban J connectivity index is 2.22. The Morgan fingerprint density at radius 3 is 2.64 bits per heavy atom. The Labute approximate surface area is 81.4 Å². The lowest BCUT2D eigenvalue weighted by atomic mass is 9.94. The number of halogens is 1. The molecule has 1 N–H and O–H groups in total. The minimum atomic E-state index is -0.252. The molecular formula is C11H10FNO. The normalized spacial score (nSPS) is 20.6. The van der Waals surface area contributed by atoms with Crippen LogP contribution in [0.15, 0.2) is 36.5 Å². The summed E-state index contributed by atoms with van der Waals surface area (Å²) in [5, 5.41) is 2.60. The summed E-state index contributed by atoms with van der Waals surface area (Å²) in [6.45, 7) is 0. The molecule has 14 heavy (non-hydrogen) atoms. The lowest BCUT2D eigenvalue weighted by Crippen LogP contribution is -2.23. The highest BCUT2D eigenvalue weighted by molar-refractivity contribution is 5.79. The summed E-state index contributed by atoms with van der Waals surface area (Å²) in [5.74, 6) is -0.177. The number of rotatable bonds is 1. The van der Waals surface area contributed by atoms with Gasteiger partial charge in [-0.25, -0.2) is 4.39 Å². The van der Waals surface area contributed by atoms with Crippen molar-refractivity contribution in [3.63, 3.8) is 0 Å². The number of nitrogens with one attached hydrogen (secondary N) is 1. The summed E-state index contributed by atoms with van der Waals surface area (Å²) >= 11 is 0. The van der Waals surface area contributed by atoms with Crippen molar-refractivity contribution in [2.45, 2.75) is 12.3 Å². The van der Waals surface area contributed by atoms with Gasteiger partial charge in [0, 0.05) is 18.5 Å². The summed E-state index contributed by atoms with van der Waals surface area (Å²) in [6.07, 6.45) is 3.98. The van der Waals surface area contributed by atoms with Crippen LogP contribution in [0.5, 0.6) is 0 Å². The molecule has 0 aromatic heterocycles. The molecule has 2 nitrogen and oxygen atoms in total. The maximum Gasteiger partial charge on any atom is 0.224 e. The van der Waals surface area contributed by atoms with Gasteiger partial charge < -0.3 is 5.32 Å². The molecule has 0 fully saturated rings. The van der Waals surface area contributed by atoms with Crippen molar-refractivity contribution in [3.8, 4) is 0 Å². The molecule has 1 amide bonds. The zero-order chi connectivity index (χ0) is 9.97. The maximum atomic E-state index is 12.6. The van der Waals surface area contributed by atoms with Crippen molar-refractivity contribution < 1.29 is 9.18 Å². The van der Waals surface area contributed by atoms with Crippen molar-refractivity contribution in [1.82, 2.24) is 5.32 Å². The molecule has 1 aliphatic heterocycles. The van der Waals surface area contributed by atoms with E-state index >= 15 is 0 Å². The van der Waals surface area contributed by atoms with Crippen LogP contribution in [-0.2, 0) is 4.79 Å². The third-order valence-corrected chi connectivity index (χ3v) is 2.28. The summed E-state index contributed by atoms with van der Waals surface area (Å²) in [4.78, 5) is 11.1. The van der Waals surface area contributed by atoms with E-state index in [4.69, 9.17) is 0 Å². The van der Waals surface area contributed by atoms with Crippen LogP contribution in [-0.4, -0.2) is 5.91 Å². The topological polar surface area (TPSA) is 29.1 Å². The molecule has 1 heterocycles. The first-order valence-corrected chi connectivity index (χ1v) is 4.47. The van der Waals surface area contributed by atoms with Crippen LogP contribution in [0.2, 0.25) is 0 Å². The van der Waals surface area contributed by atoms with E-state index in [1.165, 1.54) is 12.1 Å².